The molecule has 0 bridgehead atoms. The summed E-state index contributed by atoms with van der Waals surface area (Å²) in [6.07, 6.45) is 1.13. The van der Waals surface area contributed by atoms with E-state index in [1.165, 1.54) is 0 Å². The van der Waals surface area contributed by atoms with Crippen LogP contribution < -0.4 is 9.47 Å². The van der Waals surface area contributed by atoms with Gasteiger partial charge in [-0.25, -0.2) is 0 Å². The topological polar surface area (TPSA) is 59.0 Å². The number of amides is 1. The third-order valence-corrected chi connectivity index (χ3v) is 4.16. The predicted octanol–water partition coefficient (Wildman–Crippen LogP) is 2.06. The van der Waals surface area contributed by atoms with Crippen LogP contribution in [0.3, 0.4) is 0 Å². The zero-order valence-electron chi connectivity index (χ0n) is 11.6. The van der Waals surface area contributed by atoms with Gasteiger partial charge < -0.3 is 19.5 Å². The van der Waals surface area contributed by atoms with E-state index in [2.05, 4.69) is 15.9 Å². The van der Waals surface area contributed by atoms with Crippen molar-refractivity contribution in [2.75, 3.05) is 27.3 Å². The number of likely N-dealkylation sites (tertiary alicyclic amines) is 1. The number of carbonyl (C=O) groups excluding carboxylic acids is 1. The zero-order chi connectivity index (χ0) is 14.7. The molecule has 0 aliphatic carbocycles. The summed E-state index contributed by atoms with van der Waals surface area (Å²) < 4.78 is 11.2. The van der Waals surface area contributed by atoms with Gasteiger partial charge in [-0.05, 0) is 40.9 Å². The fourth-order valence-electron chi connectivity index (χ4n) is 2.31. The van der Waals surface area contributed by atoms with E-state index in [4.69, 9.17) is 9.47 Å². The summed E-state index contributed by atoms with van der Waals surface area (Å²) in [5.74, 6) is 0.975. The first-order valence-corrected chi connectivity index (χ1v) is 7.25. The summed E-state index contributed by atoms with van der Waals surface area (Å²) >= 11 is 3.38. The van der Waals surface area contributed by atoms with Gasteiger partial charge in [0.2, 0.25) is 0 Å². The third-order valence-electron chi connectivity index (χ3n) is 3.38. The molecule has 0 spiro atoms. The molecule has 1 aromatic rings. The van der Waals surface area contributed by atoms with Gasteiger partial charge in [0.05, 0.1) is 20.3 Å². The lowest BCUT2D eigenvalue weighted by atomic mass is 10.1. The van der Waals surface area contributed by atoms with Gasteiger partial charge in [0, 0.05) is 18.7 Å². The van der Waals surface area contributed by atoms with Crippen molar-refractivity contribution < 1.29 is 19.4 Å². The standard InChI is InChI=1S/C14H18BrNO4/c1-19-11-6-9(7-12(20-2)13(11)15)14(18)16-5-3-4-10(17)8-16/h6-7,10,17H,3-5,8H2,1-2H3/t10-/m0/s1. The lowest BCUT2D eigenvalue weighted by Gasteiger charge is -2.30. The number of hydrogen-bond acceptors (Lipinski definition) is 4. The number of methoxy groups -OCH3 is 2. The highest BCUT2D eigenvalue weighted by Crippen LogP contribution is 2.36. The van der Waals surface area contributed by atoms with Crippen molar-refractivity contribution in [3.63, 3.8) is 0 Å². The summed E-state index contributed by atoms with van der Waals surface area (Å²) in [6, 6.07) is 3.35. The quantitative estimate of drug-likeness (QED) is 0.912. The number of halogens is 1. The van der Waals surface area contributed by atoms with E-state index in [0.717, 1.165) is 12.8 Å². The van der Waals surface area contributed by atoms with Crippen molar-refractivity contribution in [1.29, 1.82) is 0 Å². The summed E-state index contributed by atoms with van der Waals surface area (Å²) in [5.41, 5.74) is 0.496. The first-order valence-electron chi connectivity index (χ1n) is 6.45. The molecule has 1 aliphatic rings. The Hall–Kier alpha value is -1.27. The Balaban J connectivity index is 2.29. The maximum absolute atomic E-state index is 12.5. The Kier molecular flexibility index (Phi) is 4.88. The van der Waals surface area contributed by atoms with Gasteiger partial charge in [-0.3, -0.25) is 4.79 Å². The van der Waals surface area contributed by atoms with Crippen LogP contribution in [0.25, 0.3) is 0 Å². The molecule has 1 heterocycles. The number of ether oxygens (including phenoxy) is 2. The molecule has 5 nitrogen and oxygen atoms in total. The molecule has 1 amide bonds. The number of benzene rings is 1. The molecule has 0 unspecified atom stereocenters. The number of β-amino-alcohol motifs (C(OH)–C–C–N with tert-alkyl or cyclic N) is 1. The molecule has 1 aromatic carbocycles. The number of aliphatic hydroxyl groups is 1. The van der Waals surface area contributed by atoms with Crippen LogP contribution in [-0.4, -0.2) is 49.3 Å². The van der Waals surface area contributed by atoms with E-state index < -0.39 is 6.10 Å². The maximum atomic E-state index is 12.5. The van der Waals surface area contributed by atoms with Crippen LogP contribution in [-0.2, 0) is 0 Å². The van der Waals surface area contributed by atoms with Gasteiger partial charge in [-0.1, -0.05) is 0 Å². The highest BCUT2D eigenvalue weighted by atomic mass is 79.9. The second-order valence-electron chi connectivity index (χ2n) is 4.74. The van der Waals surface area contributed by atoms with Crippen molar-refractivity contribution in [3.05, 3.63) is 22.2 Å². The summed E-state index contributed by atoms with van der Waals surface area (Å²) in [7, 11) is 3.08. The minimum Gasteiger partial charge on any atom is -0.495 e. The summed E-state index contributed by atoms with van der Waals surface area (Å²) in [4.78, 5) is 14.1. The lowest BCUT2D eigenvalue weighted by molar-refractivity contribution is 0.0473. The van der Waals surface area contributed by atoms with Crippen LogP contribution in [0.15, 0.2) is 16.6 Å². The fourth-order valence-corrected chi connectivity index (χ4v) is 2.87. The van der Waals surface area contributed by atoms with E-state index in [1.807, 2.05) is 0 Å². The molecule has 1 fully saturated rings. The van der Waals surface area contributed by atoms with E-state index in [9.17, 15) is 9.90 Å². The molecule has 0 aromatic heterocycles. The van der Waals surface area contributed by atoms with Crippen LogP contribution in [0.2, 0.25) is 0 Å². The monoisotopic (exact) mass is 343 g/mol. The zero-order valence-corrected chi connectivity index (χ0v) is 13.1. The number of aliphatic hydroxyl groups excluding tert-OH is 1. The number of hydrogen-bond donors (Lipinski definition) is 1. The molecule has 1 saturated heterocycles. The molecule has 1 N–H and O–H groups in total. The van der Waals surface area contributed by atoms with Crippen LogP contribution in [0.1, 0.15) is 23.2 Å². The third kappa shape index (κ3) is 3.07. The Labute approximate surface area is 126 Å². The molecule has 2 rings (SSSR count). The van der Waals surface area contributed by atoms with E-state index in [1.54, 1.807) is 31.3 Å². The van der Waals surface area contributed by atoms with Crippen LogP contribution in [0.5, 0.6) is 11.5 Å². The Morgan fingerprint density at radius 3 is 2.45 bits per heavy atom. The highest BCUT2D eigenvalue weighted by Gasteiger charge is 2.24. The van der Waals surface area contributed by atoms with Crippen molar-refractivity contribution in [2.45, 2.75) is 18.9 Å². The van der Waals surface area contributed by atoms with Gasteiger partial charge in [0.1, 0.15) is 16.0 Å². The van der Waals surface area contributed by atoms with E-state index in [0.29, 0.717) is 34.6 Å². The number of nitrogens with zero attached hydrogens (tertiary/aromatic N) is 1. The number of rotatable bonds is 3. The average Bonchev–Trinajstić information content (AvgIpc) is 2.46. The lowest BCUT2D eigenvalue weighted by Crippen LogP contribution is -2.42. The summed E-state index contributed by atoms with van der Waals surface area (Å²) in [5, 5.41) is 9.67. The molecular weight excluding hydrogens is 326 g/mol. The number of carbonyl (C=O) groups is 1. The molecule has 110 valence electrons. The van der Waals surface area contributed by atoms with E-state index >= 15 is 0 Å². The smallest absolute Gasteiger partial charge is 0.254 e. The fraction of sp³-hybridized carbons (Fsp3) is 0.500. The molecule has 6 heteroatoms. The van der Waals surface area contributed by atoms with Crippen molar-refractivity contribution in [1.82, 2.24) is 4.90 Å². The molecule has 20 heavy (non-hydrogen) atoms. The van der Waals surface area contributed by atoms with Crippen molar-refractivity contribution in [3.8, 4) is 11.5 Å². The van der Waals surface area contributed by atoms with Crippen LogP contribution in [0, 0.1) is 0 Å². The minimum absolute atomic E-state index is 0.118. The highest BCUT2D eigenvalue weighted by molar-refractivity contribution is 9.10. The number of piperidine rings is 1. The molecule has 0 radical (unpaired) electrons. The van der Waals surface area contributed by atoms with E-state index in [-0.39, 0.29) is 5.91 Å². The first-order chi connectivity index (χ1) is 9.56. The SMILES string of the molecule is COc1cc(C(=O)N2CCC[C@H](O)C2)cc(OC)c1Br. The Bertz CT molecular complexity index is 481. The predicted molar refractivity (Wildman–Crippen MR) is 78.4 cm³/mol. The largest absolute Gasteiger partial charge is 0.495 e. The van der Waals surface area contributed by atoms with Crippen LogP contribution in [0.4, 0.5) is 0 Å². The second kappa shape index (κ2) is 6.45. The Morgan fingerprint density at radius 2 is 1.95 bits per heavy atom. The normalized spacial score (nSPS) is 18.8. The van der Waals surface area contributed by atoms with Gasteiger partial charge >= 0.3 is 0 Å². The first kappa shape index (κ1) is 15.1. The summed E-state index contributed by atoms with van der Waals surface area (Å²) in [6.45, 7) is 1.04. The minimum atomic E-state index is -0.438. The average molecular weight is 344 g/mol. The molecular formula is C14H18BrNO4. The second-order valence-corrected chi connectivity index (χ2v) is 5.53. The van der Waals surface area contributed by atoms with Gasteiger partial charge in [0.15, 0.2) is 0 Å². The van der Waals surface area contributed by atoms with Gasteiger partial charge in [-0.15, -0.1) is 0 Å². The van der Waals surface area contributed by atoms with Crippen molar-refractivity contribution >= 4 is 21.8 Å². The maximum Gasteiger partial charge on any atom is 0.254 e. The van der Waals surface area contributed by atoms with Crippen molar-refractivity contribution in [2.24, 2.45) is 0 Å². The van der Waals surface area contributed by atoms with Crippen LogP contribution >= 0.6 is 15.9 Å². The van der Waals surface area contributed by atoms with Gasteiger partial charge in [0.25, 0.3) is 5.91 Å². The Morgan fingerprint density at radius 1 is 1.35 bits per heavy atom. The molecule has 1 aliphatic heterocycles. The van der Waals surface area contributed by atoms with Gasteiger partial charge in [-0.2, -0.15) is 0 Å². The molecule has 1 atom stereocenters. The molecule has 0 saturated carbocycles.